The van der Waals surface area contributed by atoms with Crippen LogP contribution in [0.2, 0.25) is 5.02 Å². The van der Waals surface area contributed by atoms with Crippen LogP contribution >= 0.6 is 23.4 Å². The second-order valence-corrected chi connectivity index (χ2v) is 6.94. The summed E-state index contributed by atoms with van der Waals surface area (Å²) in [6, 6.07) is 7.78. The van der Waals surface area contributed by atoms with Crippen molar-refractivity contribution in [2.75, 3.05) is 0 Å². The van der Waals surface area contributed by atoms with E-state index < -0.39 is 5.97 Å². The zero-order chi connectivity index (χ0) is 13.8. The normalized spacial score (nSPS) is 27.2. The van der Waals surface area contributed by atoms with Gasteiger partial charge in [-0.15, -0.1) is 0 Å². The minimum atomic E-state index is -0.649. The van der Waals surface area contributed by atoms with E-state index in [9.17, 15) is 9.90 Å². The Hall–Kier alpha value is -0.670. The van der Waals surface area contributed by atoms with E-state index in [0.717, 1.165) is 35.6 Å². The van der Waals surface area contributed by atoms with Crippen LogP contribution in [0.25, 0.3) is 0 Å². The first-order valence-electron chi connectivity index (χ1n) is 6.65. The van der Waals surface area contributed by atoms with Crippen LogP contribution in [0.5, 0.6) is 0 Å². The van der Waals surface area contributed by atoms with Crippen LogP contribution in [0.3, 0.4) is 0 Å². The zero-order valence-electron chi connectivity index (χ0n) is 11.0. The Kier molecular flexibility index (Phi) is 5.17. The number of carboxylic acids is 1. The molecule has 4 heteroatoms. The van der Waals surface area contributed by atoms with Crippen molar-refractivity contribution in [1.82, 2.24) is 0 Å². The van der Waals surface area contributed by atoms with Gasteiger partial charge in [0, 0.05) is 16.0 Å². The molecule has 1 fully saturated rings. The predicted octanol–water partition coefficient (Wildman–Crippen LogP) is 4.46. The highest BCUT2D eigenvalue weighted by molar-refractivity contribution is 7.99. The van der Waals surface area contributed by atoms with Crippen LogP contribution in [-0.2, 0) is 10.5 Å². The quantitative estimate of drug-likeness (QED) is 0.891. The third-order valence-electron chi connectivity index (χ3n) is 3.78. The van der Waals surface area contributed by atoms with E-state index in [1.165, 1.54) is 0 Å². The molecule has 0 saturated heterocycles. The third-order valence-corrected chi connectivity index (χ3v) is 5.58. The van der Waals surface area contributed by atoms with Crippen LogP contribution in [0.4, 0.5) is 0 Å². The Bertz CT molecular complexity index is 450. The van der Waals surface area contributed by atoms with Gasteiger partial charge in [0.25, 0.3) is 0 Å². The maximum atomic E-state index is 11.3. The first kappa shape index (κ1) is 14.7. The van der Waals surface area contributed by atoms with Gasteiger partial charge in [-0.1, -0.05) is 36.7 Å². The lowest BCUT2D eigenvalue weighted by Gasteiger charge is -2.32. The summed E-state index contributed by atoms with van der Waals surface area (Å²) in [4.78, 5) is 11.3. The Labute approximate surface area is 123 Å². The smallest absolute Gasteiger partial charge is 0.307 e. The molecule has 3 atom stereocenters. The standard InChI is InChI=1S/C15H19ClO2S/c1-10-6-7-12(15(17)18)14(8-10)19-9-11-4-2-3-5-13(11)16/h2-5,10,12,14H,6-9H2,1H3,(H,17,18). The number of halogens is 1. The Morgan fingerprint density at radius 1 is 1.42 bits per heavy atom. The molecule has 1 aromatic carbocycles. The van der Waals surface area contributed by atoms with E-state index in [0.29, 0.717) is 5.92 Å². The van der Waals surface area contributed by atoms with Gasteiger partial charge in [-0.3, -0.25) is 4.79 Å². The van der Waals surface area contributed by atoms with Crippen molar-refractivity contribution in [3.05, 3.63) is 34.9 Å². The average Bonchev–Trinajstić information content (AvgIpc) is 2.37. The highest BCUT2D eigenvalue weighted by atomic mass is 35.5. The monoisotopic (exact) mass is 298 g/mol. The lowest BCUT2D eigenvalue weighted by molar-refractivity contribution is -0.142. The van der Waals surface area contributed by atoms with Crippen molar-refractivity contribution in [2.45, 2.75) is 37.2 Å². The summed E-state index contributed by atoms with van der Waals surface area (Å²) in [5, 5.41) is 10.3. The lowest BCUT2D eigenvalue weighted by Crippen LogP contribution is -2.32. The van der Waals surface area contributed by atoms with Crippen molar-refractivity contribution in [3.8, 4) is 0 Å². The minimum absolute atomic E-state index is 0.205. The molecule has 0 aromatic heterocycles. The second-order valence-electron chi connectivity index (χ2n) is 5.30. The Balaban J connectivity index is 1.99. The molecule has 3 unspecified atom stereocenters. The maximum Gasteiger partial charge on any atom is 0.307 e. The minimum Gasteiger partial charge on any atom is -0.481 e. The zero-order valence-corrected chi connectivity index (χ0v) is 12.6. The maximum absolute atomic E-state index is 11.3. The molecule has 1 aliphatic rings. The fourth-order valence-electron chi connectivity index (χ4n) is 2.61. The molecule has 0 spiro atoms. The van der Waals surface area contributed by atoms with Crippen molar-refractivity contribution < 1.29 is 9.90 Å². The summed E-state index contributed by atoms with van der Waals surface area (Å²) in [7, 11) is 0. The first-order valence-corrected chi connectivity index (χ1v) is 8.08. The van der Waals surface area contributed by atoms with E-state index in [2.05, 4.69) is 6.92 Å². The van der Waals surface area contributed by atoms with Crippen molar-refractivity contribution >= 4 is 29.3 Å². The van der Waals surface area contributed by atoms with Gasteiger partial charge in [-0.05, 0) is 36.8 Å². The van der Waals surface area contributed by atoms with Crippen LogP contribution in [0, 0.1) is 11.8 Å². The Morgan fingerprint density at radius 3 is 2.84 bits per heavy atom. The molecule has 0 aliphatic heterocycles. The third kappa shape index (κ3) is 3.90. The van der Waals surface area contributed by atoms with Gasteiger partial charge in [0.1, 0.15) is 0 Å². The molecule has 19 heavy (non-hydrogen) atoms. The van der Waals surface area contributed by atoms with Crippen molar-refractivity contribution in [2.24, 2.45) is 11.8 Å². The molecule has 0 amide bonds. The van der Waals surface area contributed by atoms with E-state index in [1.54, 1.807) is 11.8 Å². The molecular weight excluding hydrogens is 280 g/mol. The summed E-state index contributed by atoms with van der Waals surface area (Å²) in [5.41, 5.74) is 1.09. The summed E-state index contributed by atoms with van der Waals surface area (Å²) in [6.45, 7) is 2.21. The van der Waals surface area contributed by atoms with Gasteiger partial charge in [-0.25, -0.2) is 0 Å². The SMILES string of the molecule is CC1CCC(C(=O)O)C(SCc2ccccc2Cl)C1. The molecule has 1 aliphatic carbocycles. The molecule has 0 heterocycles. The predicted molar refractivity (Wildman–Crippen MR) is 80.7 cm³/mol. The fraction of sp³-hybridized carbons (Fsp3) is 0.533. The van der Waals surface area contributed by atoms with Crippen molar-refractivity contribution in [3.63, 3.8) is 0 Å². The van der Waals surface area contributed by atoms with Crippen molar-refractivity contribution in [1.29, 1.82) is 0 Å². The molecule has 2 nitrogen and oxygen atoms in total. The van der Waals surface area contributed by atoms with Gasteiger partial charge < -0.3 is 5.11 Å². The lowest BCUT2D eigenvalue weighted by atomic mass is 9.82. The molecule has 2 rings (SSSR count). The number of hydrogen-bond donors (Lipinski definition) is 1. The molecule has 0 radical (unpaired) electrons. The van der Waals surface area contributed by atoms with E-state index in [1.807, 2.05) is 24.3 Å². The topological polar surface area (TPSA) is 37.3 Å². The molecular formula is C15H19ClO2S. The van der Waals surface area contributed by atoms with Crippen LogP contribution in [0.1, 0.15) is 31.7 Å². The van der Waals surface area contributed by atoms with Gasteiger partial charge >= 0.3 is 5.97 Å². The van der Waals surface area contributed by atoms with E-state index in [4.69, 9.17) is 11.6 Å². The largest absolute Gasteiger partial charge is 0.481 e. The number of thioether (sulfide) groups is 1. The molecule has 104 valence electrons. The summed E-state index contributed by atoms with van der Waals surface area (Å²) >= 11 is 7.88. The summed E-state index contributed by atoms with van der Waals surface area (Å²) in [5.74, 6) is 0.562. The van der Waals surface area contributed by atoms with Gasteiger partial charge in [-0.2, -0.15) is 11.8 Å². The summed E-state index contributed by atoms with van der Waals surface area (Å²) < 4.78 is 0. The van der Waals surface area contributed by atoms with E-state index >= 15 is 0 Å². The average molecular weight is 299 g/mol. The Morgan fingerprint density at radius 2 is 2.16 bits per heavy atom. The number of rotatable bonds is 4. The number of hydrogen-bond acceptors (Lipinski definition) is 2. The van der Waals surface area contributed by atoms with Gasteiger partial charge in [0.15, 0.2) is 0 Å². The summed E-state index contributed by atoms with van der Waals surface area (Å²) in [6.07, 6.45) is 2.82. The van der Waals surface area contributed by atoms with E-state index in [-0.39, 0.29) is 11.2 Å². The molecule has 1 N–H and O–H groups in total. The number of aliphatic carboxylic acids is 1. The highest BCUT2D eigenvalue weighted by Gasteiger charge is 2.33. The molecule has 0 bridgehead atoms. The van der Waals surface area contributed by atoms with Gasteiger partial charge in [0.2, 0.25) is 0 Å². The molecule has 1 aromatic rings. The first-order chi connectivity index (χ1) is 9.08. The highest BCUT2D eigenvalue weighted by Crippen LogP contribution is 2.38. The van der Waals surface area contributed by atoms with Crippen LogP contribution in [0.15, 0.2) is 24.3 Å². The second kappa shape index (κ2) is 6.67. The number of carboxylic acid groups (broad SMARTS) is 1. The fourth-order valence-corrected chi connectivity index (χ4v) is 4.48. The molecule has 1 saturated carbocycles. The number of benzene rings is 1. The van der Waals surface area contributed by atoms with Crippen LogP contribution in [-0.4, -0.2) is 16.3 Å². The van der Waals surface area contributed by atoms with Gasteiger partial charge in [0.05, 0.1) is 5.92 Å². The number of carbonyl (C=O) groups is 1. The van der Waals surface area contributed by atoms with Crippen LogP contribution < -0.4 is 0 Å².